The first-order valence-corrected chi connectivity index (χ1v) is 6.51. The molecule has 0 fully saturated rings. The van der Waals surface area contributed by atoms with Crippen LogP contribution in [0, 0.1) is 16.7 Å². The van der Waals surface area contributed by atoms with Gasteiger partial charge in [-0.05, 0) is 25.7 Å². The maximum atomic E-state index is 12.0. The number of rotatable bonds is 1. The Hall–Kier alpha value is -1.21. The summed E-state index contributed by atoms with van der Waals surface area (Å²) in [5.74, 6) is 0.175. The van der Waals surface area contributed by atoms with Crippen molar-refractivity contribution in [2.24, 2.45) is 5.41 Å². The van der Waals surface area contributed by atoms with Gasteiger partial charge in [-0.25, -0.2) is 4.98 Å². The van der Waals surface area contributed by atoms with E-state index in [-0.39, 0.29) is 11.2 Å². The number of nitrogens with zero attached hydrogens (tertiary/aromatic N) is 2. The molecule has 0 spiro atoms. The van der Waals surface area contributed by atoms with Crippen molar-refractivity contribution < 1.29 is 4.79 Å². The van der Waals surface area contributed by atoms with Crippen molar-refractivity contribution in [1.29, 1.82) is 5.26 Å². The van der Waals surface area contributed by atoms with Crippen LogP contribution in [0.4, 0.5) is 0 Å². The summed E-state index contributed by atoms with van der Waals surface area (Å²) < 4.78 is 0. The minimum atomic E-state index is -0.605. The summed E-state index contributed by atoms with van der Waals surface area (Å²) in [5.41, 5.74) is 0.271. The molecule has 0 saturated heterocycles. The molecule has 1 aromatic heterocycles. The maximum absolute atomic E-state index is 12.0. The third-order valence-corrected chi connectivity index (χ3v) is 4.51. The van der Waals surface area contributed by atoms with Gasteiger partial charge in [-0.2, -0.15) is 5.26 Å². The highest BCUT2D eigenvalue weighted by Crippen LogP contribution is 2.39. The molecule has 0 amide bonds. The minimum Gasteiger partial charge on any atom is -0.293 e. The van der Waals surface area contributed by atoms with Crippen LogP contribution in [0.15, 0.2) is 0 Å². The zero-order valence-electron chi connectivity index (χ0n) is 10.6. The van der Waals surface area contributed by atoms with E-state index in [1.54, 1.807) is 0 Å². The number of thiazole rings is 1. The van der Waals surface area contributed by atoms with Crippen LogP contribution in [-0.4, -0.2) is 10.8 Å². The van der Waals surface area contributed by atoms with Gasteiger partial charge in [-0.15, -0.1) is 11.3 Å². The fourth-order valence-corrected chi connectivity index (χ4v) is 3.11. The van der Waals surface area contributed by atoms with Crippen molar-refractivity contribution >= 4 is 17.1 Å². The molecule has 0 N–H and O–H groups in total. The quantitative estimate of drug-likeness (QED) is 0.767. The molecule has 2 rings (SSSR count). The zero-order chi connectivity index (χ0) is 12.8. The van der Waals surface area contributed by atoms with E-state index in [0.29, 0.717) is 6.42 Å². The van der Waals surface area contributed by atoms with E-state index in [2.05, 4.69) is 24.9 Å². The van der Waals surface area contributed by atoms with E-state index in [1.165, 1.54) is 11.3 Å². The van der Waals surface area contributed by atoms with Gasteiger partial charge in [0.1, 0.15) is 10.4 Å². The van der Waals surface area contributed by atoms with E-state index in [0.717, 1.165) is 22.0 Å². The standard InChI is InChI=1S/C13H16N2OS/c1-12(2)5-8-10(9(16)6-12)17-11(15-8)13(3,4)7-14/h5-6H2,1-4H3. The average molecular weight is 248 g/mol. The number of Topliss-reactive ketones (excluding diaryl/α,β-unsaturated/α-hetero) is 1. The predicted octanol–water partition coefficient (Wildman–Crippen LogP) is 3.10. The summed E-state index contributed by atoms with van der Waals surface area (Å²) in [5, 5.41) is 9.87. The van der Waals surface area contributed by atoms with Gasteiger partial charge < -0.3 is 0 Å². The summed E-state index contributed by atoms with van der Waals surface area (Å²) in [6.07, 6.45) is 1.40. The Labute approximate surface area is 105 Å². The maximum Gasteiger partial charge on any atom is 0.175 e. The SMILES string of the molecule is CC1(C)CC(=O)c2sc(C(C)(C)C#N)nc2C1. The molecule has 1 aliphatic rings. The Morgan fingerprint density at radius 2 is 2.06 bits per heavy atom. The summed E-state index contributed by atoms with van der Waals surface area (Å²) in [6.45, 7) is 7.85. The first kappa shape index (κ1) is 12.3. The lowest BCUT2D eigenvalue weighted by Gasteiger charge is -2.26. The van der Waals surface area contributed by atoms with Gasteiger partial charge in [0.05, 0.1) is 16.6 Å². The molecule has 1 heterocycles. The lowest BCUT2D eigenvalue weighted by molar-refractivity contribution is 0.0916. The van der Waals surface area contributed by atoms with E-state index in [1.807, 2.05) is 13.8 Å². The second-order valence-corrected chi connectivity index (χ2v) is 6.97. The molecule has 0 bridgehead atoms. The van der Waals surface area contributed by atoms with Gasteiger partial charge in [-0.3, -0.25) is 4.79 Å². The second-order valence-electron chi connectivity index (χ2n) is 5.97. The molecular weight excluding hydrogens is 232 g/mol. The number of aromatic nitrogens is 1. The van der Waals surface area contributed by atoms with Gasteiger partial charge in [0.25, 0.3) is 0 Å². The van der Waals surface area contributed by atoms with Crippen LogP contribution in [-0.2, 0) is 11.8 Å². The van der Waals surface area contributed by atoms with Crippen LogP contribution < -0.4 is 0 Å². The monoisotopic (exact) mass is 248 g/mol. The molecule has 0 atom stereocenters. The summed E-state index contributed by atoms with van der Waals surface area (Å²) in [7, 11) is 0. The highest BCUT2D eigenvalue weighted by molar-refractivity contribution is 7.14. The fourth-order valence-electron chi connectivity index (χ4n) is 2.04. The fraction of sp³-hybridized carbons (Fsp3) is 0.615. The number of carbonyl (C=O) groups excluding carboxylic acids is 1. The molecule has 3 nitrogen and oxygen atoms in total. The number of ketones is 1. The smallest absolute Gasteiger partial charge is 0.175 e. The minimum absolute atomic E-state index is 0.00773. The number of hydrogen-bond acceptors (Lipinski definition) is 4. The lowest BCUT2D eigenvalue weighted by Crippen LogP contribution is -2.26. The first-order chi connectivity index (χ1) is 7.75. The highest BCUT2D eigenvalue weighted by Gasteiger charge is 2.36. The Morgan fingerprint density at radius 3 is 2.65 bits per heavy atom. The second kappa shape index (κ2) is 3.64. The molecular formula is C13H16N2OS. The number of carbonyl (C=O) groups is 1. The largest absolute Gasteiger partial charge is 0.293 e. The van der Waals surface area contributed by atoms with Gasteiger partial charge >= 0.3 is 0 Å². The molecule has 17 heavy (non-hydrogen) atoms. The summed E-state index contributed by atoms with van der Waals surface area (Å²) in [4.78, 5) is 17.3. The highest BCUT2D eigenvalue weighted by atomic mass is 32.1. The van der Waals surface area contributed by atoms with Gasteiger partial charge in [0.2, 0.25) is 0 Å². The molecule has 4 heteroatoms. The van der Waals surface area contributed by atoms with E-state index in [9.17, 15) is 4.79 Å². The molecule has 1 aromatic rings. The van der Waals surface area contributed by atoms with Crippen molar-refractivity contribution in [1.82, 2.24) is 4.98 Å². The molecule has 0 unspecified atom stereocenters. The van der Waals surface area contributed by atoms with Crippen LogP contribution >= 0.6 is 11.3 Å². The van der Waals surface area contributed by atoms with Crippen molar-refractivity contribution in [2.75, 3.05) is 0 Å². The topological polar surface area (TPSA) is 53.8 Å². The van der Waals surface area contributed by atoms with Gasteiger partial charge in [0.15, 0.2) is 5.78 Å². The molecule has 1 aliphatic carbocycles. The molecule has 0 aromatic carbocycles. The normalized spacial score (nSPS) is 18.6. The van der Waals surface area contributed by atoms with Gasteiger partial charge in [-0.1, -0.05) is 13.8 Å². The molecule has 90 valence electrons. The predicted molar refractivity (Wildman–Crippen MR) is 67.2 cm³/mol. The Bertz CT molecular complexity index is 520. The average Bonchev–Trinajstić information content (AvgIpc) is 2.60. The van der Waals surface area contributed by atoms with Crippen LogP contribution in [0.25, 0.3) is 0 Å². The van der Waals surface area contributed by atoms with E-state index in [4.69, 9.17) is 5.26 Å². The lowest BCUT2D eigenvalue weighted by atomic mass is 9.78. The third kappa shape index (κ3) is 2.12. The van der Waals surface area contributed by atoms with Crippen molar-refractivity contribution in [3.8, 4) is 6.07 Å². The van der Waals surface area contributed by atoms with Crippen molar-refractivity contribution in [2.45, 2.75) is 46.0 Å². The van der Waals surface area contributed by atoms with Crippen LogP contribution in [0.3, 0.4) is 0 Å². The number of nitriles is 1. The number of hydrogen-bond donors (Lipinski definition) is 0. The Balaban J connectivity index is 2.48. The Kier molecular flexibility index (Phi) is 2.62. The van der Waals surface area contributed by atoms with Crippen LogP contribution in [0.5, 0.6) is 0 Å². The van der Waals surface area contributed by atoms with Gasteiger partial charge in [0, 0.05) is 6.42 Å². The molecule has 0 saturated carbocycles. The van der Waals surface area contributed by atoms with E-state index >= 15 is 0 Å². The van der Waals surface area contributed by atoms with Crippen LogP contribution in [0.2, 0.25) is 0 Å². The molecule has 0 aliphatic heterocycles. The first-order valence-electron chi connectivity index (χ1n) is 5.70. The zero-order valence-corrected chi connectivity index (χ0v) is 11.4. The summed E-state index contributed by atoms with van der Waals surface area (Å²) in [6, 6.07) is 2.24. The van der Waals surface area contributed by atoms with Crippen molar-refractivity contribution in [3.05, 3.63) is 15.6 Å². The van der Waals surface area contributed by atoms with Crippen molar-refractivity contribution in [3.63, 3.8) is 0 Å². The molecule has 0 radical (unpaired) electrons. The Morgan fingerprint density at radius 1 is 1.41 bits per heavy atom. The number of fused-ring (bicyclic) bond motifs is 1. The van der Waals surface area contributed by atoms with E-state index < -0.39 is 5.41 Å². The summed E-state index contributed by atoms with van der Waals surface area (Å²) >= 11 is 1.39. The third-order valence-electron chi connectivity index (χ3n) is 3.05. The van der Waals surface area contributed by atoms with Crippen LogP contribution in [0.1, 0.15) is 54.5 Å².